The molecule has 9 heteroatoms. The molecule has 2 heterocycles. The van der Waals surface area contributed by atoms with E-state index in [1.807, 2.05) is 0 Å². The Kier molecular flexibility index (Phi) is 6.07. The molecule has 7 nitrogen and oxygen atoms in total. The summed E-state index contributed by atoms with van der Waals surface area (Å²) >= 11 is 5.86. The van der Waals surface area contributed by atoms with Crippen molar-refractivity contribution in [1.29, 1.82) is 0 Å². The lowest BCUT2D eigenvalue weighted by Gasteiger charge is -2.14. The van der Waals surface area contributed by atoms with Gasteiger partial charge in [-0.1, -0.05) is 35.9 Å². The molecule has 32 heavy (non-hydrogen) atoms. The predicted molar refractivity (Wildman–Crippen MR) is 121 cm³/mol. The quantitative estimate of drug-likeness (QED) is 0.410. The third-order valence-electron chi connectivity index (χ3n) is 5.20. The van der Waals surface area contributed by atoms with E-state index >= 15 is 4.39 Å². The molecule has 2 aromatic heterocycles. The number of hydrogen-bond acceptors (Lipinski definition) is 5. The van der Waals surface area contributed by atoms with E-state index in [2.05, 4.69) is 15.4 Å². The summed E-state index contributed by atoms with van der Waals surface area (Å²) in [6, 6.07) is 13.5. The van der Waals surface area contributed by atoms with Crippen LogP contribution in [0.15, 0.2) is 54.7 Å². The number of aryl methyl sites for hydroxylation is 1. The average molecular weight is 454 g/mol. The van der Waals surface area contributed by atoms with Gasteiger partial charge in [-0.25, -0.2) is 8.91 Å². The number of carbonyl (C=O) groups excluding carboxylic acids is 1. The van der Waals surface area contributed by atoms with E-state index in [1.54, 1.807) is 61.7 Å². The Bertz CT molecular complexity index is 1290. The van der Waals surface area contributed by atoms with Crippen molar-refractivity contribution in [2.75, 3.05) is 12.3 Å². The number of nitrogens with zero attached hydrogens (tertiary/aromatic N) is 3. The first-order valence-electron chi connectivity index (χ1n) is 9.96. The van der Waals surface area contributed by atoms with Crippen LogP contribution in [0, 0.1) is 12.7 Å². The van der Waals surface area contributed by atoms with Crippen molar-refractivity contribution in [3.63, 3.8) is 0 Å². The van der Waals surface area contributed by atoms with Gasteiger partial charge in [-0.2, -0.15) is 4.98 Å². The number of nitrogens with two attached hydrogens (primary N) is 1. The van der Waals surface area contributed by atoms with E-state index in [4.69, 9.17) is 17.3 Å². The molecule has 4 rings (SSSR count). The van der Waals surface area contributed by atoms with Crippen LogP contribution in [0.3, 0.4) is 0 Å². The monoisotopic (exact) mass is 453 g/mol. The highest BCUT2D eigenvalue weighted by Crippen LogP contribution is 2.28. The minimum absolute atomic E-state index is 0.0377. The second-order valence-corrected chi connectivity index (χ2v) is 7.86. The number of benzene rings is 2. The zero-order valence-electron chi connectivity index (χ0n) is 17.2. The fourth-order valence-electron chi connectivity index (χ4n) is 3.50. The van der Waals surface area contributed by atoms with Crippen LogP contribution in [0.5, 0.6) is 0 Å². The molecule has 0 fully saturated rings. The highest BCUT2D eigenvalue weighted by atomic mass is 35.5. The van der Waals surface area contributed by atoms with Crippen LogP contribution < -0.4 is 11.1 Å². The maximum atomic E-state index is 15.4. The van der Waals surface area contributed by atoms with Gasteiger partial charge in [0, 0.05) is 23.3 Å². The number of nitrogen functional groups attached to an aromatic ring is 1. The normalized spacial score (nSPS) is 12.1. The Morgan fingerprint density at radius 3 is 2.75 bits per heavy atom. The average Bonchev–Trinajstić information content (AvgIpc) is 3.13. The fraction of sp³-hybridized carbons (Fsp3) is 0.174. The molecular formula is C23H21ClFN5O2. The van der Waals surface area contributed by atoms with Gasteiger partial charge in [0.05, 0.1) is 11.7 Å². The minimum atomic E-state index is -0.771. The molecular weight excluding hydrogens is 433 g/mol. The fourth-order valence-corrected chi connectivity index (χ4v) is 3.63. The van der Waals surface area contributed by atoms with E-state index < -0.39 is 17.8 Å². The molecule has 4 N–H and O–H groups in total. The number of amides is 1. The number of rotatable bonds is 6. The highest BCUT2D eigenvalue weighted by Gasteiger charge is 2.20. The number of carbonyl (C=O) groups is 1. The largest absolute Gasteiger partial charge is 0.388 e. The second-order valence-electron chi connectivity index (χ2n) is 7.42. The topological polar surface area (TPSA) is 106 Å². The summed E-state index contributed by atoms with van der Waals surface area (Å²) in [5.74, 6) is -1.05. The molecule has 0 radical (unpaired) electrons. The Morgan fingerprint density at radius 1 is 1.25 bits per heavy atom. The first-order chi connectivity index (χ1) is 15.3. The summed E-state index contributed by atoms with van der Waals surface area (Å²) in [6.07, 6.45) is 1.14. The summed E-state index contributed by atoms with van der Waals surface area (Å²) in [5.41, 5.74) is 8.07. The van der Waals surface area contributed by atoms with Gasteiger partial charge in [-0.05, 0) is 54.3 Å². The van der Waals surface area contributed by atoms with Crippen molar-refractivity contribution in [3.05, 3.63) is 82.3 Å². The maximum absolute atomic E-state index is 15.4. The molecule has 2 aromatic carbocycles. The standard InChI is InChI=1S/C23H21ClFN5O2/c1-13-2-7-17(15-9-11-30-19(12-15)28-23(26)29-30)21(25)20(13)22(32)27-10-8-18(31)14-3-5-16(24)6-4-14/h2-7,9,11-12,18,31H,8,10H2,1H3,(H2,26,29)(H,27,32). The highest BCUT2D eigenvalue weighted by molar-refractivity contribution is 6.30. The molecule has 1 amide bonds. The molecule has 0 saturated heterocycles. The van der Waals surface area contributed by atoms with Gasteiger partial charge in [0.15, 0.2) is 5.65 Å². The van der Waals surface area contributed by atoms with Gasteiger partial charge < -0.3 is 16.2 Å². The molecule has 0 spiro atoms. The third-order valence-corrected chi connectivity index (χ3v) is 5.45. The maximum Gasteiger partial charge on any atom is 0.254 e. The summed E-state index contributed by atoms with van der Waals surface area (Å²) in [5, 5.41) is 17.6. The molecule has 0 aliphatic carbocycles. The SMILES string of the molecule is Cc1ccc(-c2ccn3nc(N)nc3c2)c(F)c1C(=O)NCCC(O)c1ccc(Cl)cc1. The molecule has 0 aliphatic rings. The van der Waals surface area contributed by atoms with Crippen LogP contribution in [0.2, 0.25) is 5.02 Å². The molecule has 164 valence electrons. The Morgan fingerprint density at radius 2 is 2.00 bits per heavy atom. The van der Waals surface area contributed by atoms with Crippen LogP contribution in [-0.4, -0.2) is 32.2 Å². The molecule has 0 saturated carbocycles. The molecule has 1 atom stereocenters. The minimum Gasteiger partial charge on any atom is -0.388 e. The molecule has 0 bridgehead atoms. The van der Waals surface area contributed by atoms with Gasteiger partial charge in [0.25, 0.3) is 5.91 Å². The van der Waals surface area contributed by atoms with Crippen LogP contribution in [0.25, 0.3) is 16.8 Å². The third kappa shape index (κ3) is 4.42. The lowest BCUT2D eigenvalue weighted by atomic mass is 9.98. The van der Waals surface area contributed by atoms with E-state index in [1.165, 1.54) is 4.52 Å². The predicted octanol–water partition coefficient (Wildman–Crippen LogP) is 3.93. The van der Waals surface area contributed by atoms with E-state index in [9.17, 15) is 9.90 Å². The van der Waals surface area contributed by atoms with Gasteiger partial charge in [0.2, 0.25) is 5.95 Å². The van der Waals surface area contributed by atoms with Gasteiger partial charge in [-0.3, -0.25) is 4.79 Å². The number of aromatic nitrogens is 3. The Labute approximate surface area is 188 Å². The molecule has 1 unspecified atom stereocenters. The first-order valence-corrected chi connectivity index (χ1v) is 10.3. The van der Waals surface area contributed by atoms with Crippen LogP contribution >= 0.6 is 11.6 Å². The smallest absolute Gasteiger partial charge is 0.254 e. The van der Waals surface area contributed by atoms with Gasteiger partial charge in [0.1, 0.15) is 5.82 Å². The van der Waals surface area contributed by atoms with Crippen molar-refractivity contribution in [2.45, 2.75) is 19.4 Å². The number of aliphatic hydroxyl groups is 1. The number of halogens is 2. The number of hydrogen-bond donors (Lipinski definition) is 3. The Hall–Kier alpha value is -3.49. The van der Waals surface area contributed by atoms with Crippen molar-refractivity contribution in [3.8, 4) is 11.1 Å². The summed E-state index contributed by atoms with van der Waals surface area (Å²) in [4.78, 5) is 16.8. The number of anilines is 1. The number of fused-ring (bicyclic) bond motifs is 1. The van der Waals surface area contributed by atoms with Gasteiger partial charge in [-0.15, -0.1) is 5.10 Å². The van der Waals surface area contributed by atoms with Crippen LogP contribution in [0.1, 0.15) is 34.0 Å². The lowest BCUT2D eigenvalue weighted by molar-refractivity contribution is 0.0938. The summed E-state index contributed by atoms with van der Waals surface area (Å²) in [6.45, 7) is 1.85. The number of pyridine rings is 1. The summed E-state index contributed by atoms with van der Waals surface area (Å²) in [7, 11) is 0. The van der Waals surface area contributed by atoms with Gasteiger partial charge >= 0.3 is 0 Å². The zero-order valence-corrected chi connectivity index (χ0v) is 18.0. The van der Waals surface area contributed by atoms with Crippen LogP contribution in [-0.2, 0) is 0 Å². The summed E-state index contributed by atoms with van der Waals surface area (Å²) < 4.78 is 16.9. The van der Waals surface area contributed by atoms with Crippen molar-refractivity contribution in [1.82, 2.24) is 19.9 Å². The van der Waals surface area contributed by atoms with Crippen molar-refractivity contribution < 1.29 is 14.3 Å². The second kappa shape index (κ2) is 8.94. The lowest BCUT2D eigenvalue weighted by Crippen LogP contribution is -2.27. The zero-order chi connectivity index (χ0) is 22.8. The van der Waals surface area contributed by atoms with Crippen molar-refractivity contribution in [2.24, 2.45) is 0 Å². The van der Waals surface area contributed by atoms with E-state index in [0.717, 1.165) is 0 Å². The van der Waals surface area contributed by atoms with Crippen LogP contribution in [0.4, 0.5) is 10.3 Å². The molecule has 0 aliphatic heterocycles. The first kappa shape index (κ1) is 21.7. The Balaban J connectivity index is 1.51. The van der Waals surface area contributed by atoms with E-state index in [0.29, 0.717) is 27.4 Å². The number of nitrogens with one attached hydrogen (secondary N) is 1. The molecule has 4 aromatic rings. The number of aliphatic hydroxyl groups excluding tert-OH is 1. The van der Waals surface area contributed by atoms with Crippen molar-refractivity contribution >= 4 is 29.1 Å². The van der Waals surface area contributed by atoms with E-state index in [-0.39, 0.29) is 30.0 Å².